The number of halogens is 3. The maximum absolute atomic E-state index is 12.8. The van der Waals surface area contributed by atoms with E-state index in [1.807, 2.05) is 18.4 Å². The van der Waals surface area contributed by atoms with Crippen molar-refractivity contribution >= 4 is 16.9 Å². The summed E-state index contributed by atoms with van der Waals surface area (Å²) in [5, 5.41) is 0.540. The first-order valence-electron chi connectivity index (χ1n) is 8.71. The first-order valence-corrected chi connectivity index (χ1v) is 8.71. The van der Waals surface area contributed by atoms with Crippen LogP contribution in [0.4, 0.5) is 13.2 Å². The first kappa shape index (κ1) is 19.3. The van der Waals surface area contributed by atoms with Crippen LogP contribution in [0.5, 0.6) is 0 Å². The van der Waals surface area contributed by atoms with Crippen LogP contribution >= 0.6 is 0 Å². The van der Waals surface area contributed by atoms with Crippen molar-refractivity contribution in [1.82, 2.24) is 4.57 Å². The zero-order valence-corrected chi connectivity index (χ0v) is 14.7. The number of hydrogen-bond donors (Lipinski definition) is 0. The van der Waals surface area contributed by atoms with Gasteiger partial charge in [0.25, 0.3) is 0 Å². The van der Waals surface area contributed by atoms with Crippen molar-refractivity contribution in [2.45, 2.75) is 58.7 Å². The lowest BCUT2D eigenvalue weighted by molar-refractivity contribution is -0.127. The van der Waals surface area contributed by atoms with Crippen LogP contribution in [0.25, 0.3) is 10.9 Å². The van der Waals surface area contributed by atoms with E-state index in [4.69, 9.17) is 4.74 Å². The number of fused-ring (bicyclic) bond motifs is 1. The normalized spacial score (nSPS) is 11.9. The summed E-state index contributed by atoms with van der Waals surface area (Å²) in [6.45, 7) is 5.00. The zero-order chi connectivity index (χ0) is 18.4. The summed E-state index contributed by atoms with van der Waals surface area (Å²) in [7, 11) is 0. The Hall–Kier alpha value is -1.98. The van der Waals surface area contributed by atoms with Gasteiger partial charge in [0.1, 0.15) is 0 Å². The fourth-order valence-electron chi connectivity index (χ4n) is 2.76. The molecule has 6 heteroatoms. The highest BCUT2D eigenvalue weighted by atomic mass is 19.4. The molecule has 25 heavy (non-hydrogen) atoms. The molecule has 0 aliphatic carbocycles. The topological polar surface area (TPSA) is 31.2 Å². The van der Waals surface area contributed by atoms with E-state index < -0.39 is 18.6 Å². The van der Waals surface area contributed by atoms with Gasteiger partial charge in [-0.25, -0.2) is 4.79 Å². The van der Waals surface area contributed by atoms with E-state index in [1.54, 1.807) is 24.4 Å². The molecule has 0 bridgehead atoms. The Morgan fingerprint density at radius 1 is 1.16 bits per heavy atom. The Bertz CT molecular complexity index is 719. The van der Waals surface area contributed by atoms with Crippen LogP contribution in [-0.4, -0.2) is 23.3 Å². The van der Waals surface area contributed by atoms with Gasteiger partial charge < -0.3 is 9.30 Å². The molecular formula is C19H24F3NO2. The molecule has 2 aromatic rings. The summed E-state index contributed by atoms with van der Waals surface area (Å²) in [4.78, 5) is 12.1. The number of esters is 1. The molecule has 0 aliphatic rings. The number of aromatic nitrogens is 1. The number of hydrogen-bond acceptors (Lipinski definition) is 2. The second-order valence-corrected chi connectivity index (χ2v) is 6.21. The molecule has 0 N–H and O–H groups in total. The van der Waals surface area contributed by atoms with E-state index in [1.165, 1.54) is 0 Å². The second-order valence-electron chi connectivity index (χ2n) is 6.21. The van der Waals surface area contributed by atoms with Crippen LogP contribution in [0.2, 0.25) is 0 Å². The van der Waals surface area contributed by atoms with Gasteiger partial charge in [0.05, 0.1) is 18.6 Å². The maximum atomic E-state index is 12.8. The second kappa shape index (κ2) is 8.41. The molecule has 0 unspecified atom stereocenters. The van der Waals surface area contributed by atoms with Gasteiger partial charge >= 0.3 is 12.1 Å². The predicted molar refractivity (Wildman–Crippen MR) is 91.8 cm³/mol. The fraction of sp³-hybridized carbons (Fsp3) is 0.526. The van der Waals surface area contributed by atoms with Crippen LogP contribution in [0.15, 0.2) is 24.4 Å². The molecule has 2 rings (SSSR count). The van der Waals surface area contributed by atoms with Gasteiger partial charge in [-0.1, -0.05) is 32.8 Å². The largest absolute Gasteiger partial charge is 0.462 e. The standard InChI is InChI=1S/C19H24F3NO2/c1-3-5-9-23-13-15(12-19(20,21)22)16-8-7-14(11-17(16)23)18(24)25-10-6-4-2/h7-8,11,13H,3-6,9-10,12H2,1-2H3. The molecule has 0 saturated carbocycles. The summed E-state index contributed by atoms with van der Waals surface area (Å²) in [5.74, 6) is -0.434. The molecule has 0 radical (unpaired) electrons. The number of carbonyl (C=O) groups excluding carboxylic acids is 1. The van der Waals surface area contributed by atoms with E-state index in [0.717, 1.165) is 25.7 Å². The molecule has 0 fully saturated rings. The maximum Gasteiger partial charge on any atom is 0.393 e. The molecule has 138 valence electrons. The van der Waals surface area contributed by atoms with Crippen LogP contribution in [0, 0.1) is 0 Å². The number of alkyl halides is 3. The number of ether oxygens (including phenoxy) is 1. The van der Waals surface area contributed by atoms with E-state index in [2.05, 4.69) is 0 Å². The molecule has 3 nitrogen and oxygen atoms in total. The van der Waals surface area contributed by atoms with Gasteiger partial charge in [-0.3, -0.25) is 0 Å². The highest BCUT2D eigenvalue weighted by Crippen LogP contribution is 2.29. The van der Waals surface area contributed by atoms with E-state index in [9.17, 15) is 18.0 Å². The monoisotopic (exact) mass is 355 g/mol. The summed E-state index contributed by atoms with van der Waals surface area (Å²) in [5.41, 5.74) is 1.26. The van der Waals surface area contributed by atoms with Crippen molar-refractivity contribution in [3.63, 3.8) is 0 Å². The highest BCUT2D eigenvalue weighted by Gasteiger charge is 2.29. The summed E-state index contributed by atoms with van der Waals surface area (Å²) < 4.78 is 45.5. The zero-order valence-electron chi connectivity index (χ0n) is 14.7. The lowest BCUT2D eigenvalue weighted by Crippen LogP contribution is -2.11. The summed E-state index contributed by atoms with van der Waals surface area (Å²) in [6.07, 6.45) is -0.165. The Labute approximate surface area is 145 Å². The Kier molecular flexibility index (Phi) is 6.51. The molecule has 1 aromatic carbocycles. The molecule has 0 amide bonds. The lowest BCUT2D eigenvalue weighted by Gasteiger charge is -2.07. The van der Waals surface area contributed by atoms with Gasteiger partial charge in [0.15, 0.2) is 0 Å². The van der Waals surface area contributed by atoms with Crippen molar-refractivity contribution in [2.75, 3.05) is 6.61 Å². The molecule has 0 atom stereocenters. The molecule has 0 aliphatic heterocycles. The third-order valence-corrected chi connectivity index (χ3v) is 4.08. The Balaban J connectivity index is 2.35. The summed E-state index contributed by atoms with van der Waals surface area (Å²) in [6, 6.07) is 4.77. The third kappa shape index (κ3) is 5.25. The molecule has 1 aromatic heterocycles. The molecule has 0 spiro atoms. The number of benzene rings is 1. The minimum absolute atomic E-state index is 0.240. The third-order valence-electron chi connectivity index (χ3n) is 4.08. The Morgan fingerprint density at radius 3 is 2.52 bits per heavy atom. The van der Waals surface area contributed by atoms with Crippen molar-refractivity contribution in [1.29, 1.82) is 0 Å². The van der Waals surface area contributed by atoms with Gasteiger partial charge in [-0.05, 0) is 30.5 Å². The quantitative estimate of drug-likeness (QED) is 0.462. The van der Waals surface area contributed by atoms with Crippen LogP contribution < -0.4 is 0 Å². The SMILES string of the molecule is CCCCOC(=O)c1ccc2c(CC(F)(F)F)cn(CCCC)c2c1. The summed E-state index contributed by atoms with van der Waals surface area (Å²) >= 11 is 0. The van der Waals surface area contributed by atoms with Gasteiger partial charge in [0.2, 0.25) is 0 Å². The number of nitrogens with zero attached hydrogens (tertiary/aromatic N) is 1. The average molecular weight is 355 g/mol. The number of carbonyl (C=O) groups is 1. The van der Waals surface area contributed by atoms with Crippen molar-refractivity contribution < 1.29 is 22.7 Å². The first-order chi connectivity index (χ1) is 11.9. The minimum Gasteiger partial charge on any atom is -0.462 e. The molecular weight excluding hydrogens is 331 g/mol. The predicted octanol–water partition coefficient (Wildman–Crippen LogP) is 5.50. The minimum atomic E-state index is -4.26. The van der Waals surface area contributed by atoms with Gasteiger partial charge in [-0.15, -0.1) is 0 Å². The number of unbranched alkanes of at least 4 members (excludes halogenated alkanes) is 2. The van der Waals surface area contributed by atoms with Crippen LogP contribution in [0.3, 0.4) is 0 Å². The van der Waals surface area contributed by atoms with Gasteiger partial charge in [-0.2, -0.15) is 13.2 Å². The van der Waals surface area contributed by atoms with Crippen LogP contribution in [-0.2, 0) is 17.7 Å². The smallest absolute Gasteiger partial charge is 0.393 e. The Morgan fingerprint density at radius 2 is 1.88 bits per heavy atom. The average Bonchev–Trinajstić information content (AvgIpc) is 2.88. The van der Waals surface area contributed by atoms with Gasteiger partial charge in [0, 0.05) is 23.6 Å². The fourth-order valence-corrected chi connectivity index (χ4v) is 2.76. The molecule has 0 saturated heterocycles. The van der Waals surface area contributed by atoms with Crippen molar-refractivity contribution in [3.8, 4) is 0 Å². The highest BCUT2D eigenvalue weighted by molar-refractivity contribution is 5.95. The van der Waals surface area contributed by atoms with E-state index in [-0.39, 0.29) is 5.56 Å². The van der Waals surface area contributed by atoms with Crippen molar-refractivity contribution in [2.24, 2.45) is 0 Å². The van der Waals surface area contributed by atoms with Crippen molar-refractivity contribution in [3.05, 3.63) is 35.5 Å². The van der Waals surface area contributed by atoms with Crippen LogP contribution in [0.1, 0.15) is 55.5 Å². The van der Waals surface area contributed by atoms with E-state index >= 15 is 0 Å². The lowest BCUT2D eigenvalue weighted by atomic mass is 10.1. The van der Waals surface area contributed by atoms with E-state index in [0.29, 0.717) is 29.6 Å². The number of rotatable bonds is 8. The number of aryl methyl sites for hydroxylation is 1. The molecule has 1 heterocycles.